The number of benzene rings is 1. The van der Waals surface area contributed by atoms with Gasteiger partial charge in [0.05, 0.1) is 6.61 Å². The largest absolute Gasteiger partial charge is 0.492 e. The van der Waals surface area contributed by atoms with Gasteiger partial charge in [0.2, 0.25) is 0 Å². The van der Waals surface area contributed by atoms with Gasteiger partial charge in [0.1, 0.15) is 18.5 Å². The molecule has 1 atom stereocenters. The molecule has 3 heteroatoms. The number of ether oxygens (including phenoxy) is 2. The smallest absolute Gasteiger partial charge is 0.125 e. The first-order valence-corrected chi connectivity index (χ1v) is 5.25. The van der Waals surface area contributed by atoms with Gasteiger partial charge in [0.15, 0.2) is 0 Å². The summed E-state index contributed by atoms with van der Waals surface area (Å²) in [5.74, 6) is 0.960. The maximum absolute atomic E-state index is 5.73. The summed E-state index contributed by atoms with van der Waals surface area (Å²) in [6, 6.07) is 8.10. The predicted octanol–water partition coefficient (Wildman–Crippen LogP) is 1.70. The molecule has 0 aromatic heterocycles. The van der Waals surface area contributed by atoms with E-state index in [1.807, 2.05) is 32.3 Å². The van der Waals surface area contributed by atoms with Crippen LogP contribution in [0.4, 0.5) is 0 Å². The van der Waals surface area contributed by atoms with Gasteiger partial charge < -0.3 is 14.4 Å². The van der Waals surface area contributed by atoms with E-state index in [-0.39, 0.29) is 6.10 Å². The monoisotopic (exact) mass is 207 g/mol. The summed E-state index contributed by atoms with van der Waals surface area (Å²) in [7, 11) is 4.08. The van der Waals surface area contributed by atoms with Crippen LogP contribution in [0.5, 0.6) is 5.75 Å². The Hall–Kier alpha value is -1.06. The maximum atomic E-state index is 5.73. The molecular formula is C12H17NO2. The van der Waals surface area contributed by atoms with E-state index in [0.29, 0.717) is 0 Å². The maximum Gasteiger partial charge on any atom is 0.125 e. The number of hydrogen-bond acceptors (Lipinski definition) is 3. The summed E-state index contributed by atoms with van der Waals surface area (Å²) in [6.07, 6.45) is 0.264. The second kappa shape index (κ2) is 4.64. The zero-order valence-electron chi connectivity index (χ0n) is 9.27. The first-order chi connectivity index (χ1) is 7.27. The topological polar surface area (TPSA) is 25.0 Å². The third-order valence-corrected chi connectivity index (χ3v) is 2.40. The third-order valence-electron chi connectivity index (χ3n) is 2.40. The summed E-state index contributed by atoms with van der Waals surface area (Å²) in [4.78, 5) is 2.11. The Bertz CT molecular complexity index is 321. The molecule has 1 aromatic rings. The number of epoxide rings is 1. The Labute approximate surface area is 90.6 Å². The molecule has 1 unspecified atom stereocenters. The van der Waals surface area contributed by atoms with Crippen molar-refractivity contribution in [2.75, 3.05) is 33.9 Å². The summed E-state index contributed by atoms with van der Waals surface area (Å²) < 4.78 is 11.0. The average Bonchev–Trinajstić information content (AvgIpc) is 3.01. The van der Waals surface area contributed by atoms with Crippen molar-refractivity contribution >= 4 is 0 Å². The Morgan fingerprint density at radius 2 is 2.13 bits per heavy atom. The summed E-state index contributed by atoms with van der Waals surface area (Å²) in [5.41, 5.74) is 1.18. The van der Waals surface area contributed by atoms with Crippen LogP contribution in [0.3, 0.4) is 0 Å². The van der Waals surface area contributed by atoms with E-state index in [2.05, 4.69) is 11.0 Å². The van der Waals surface area contributed by atoms with Crippen LogP contribution >= 0.6 is 0 Å². The first kappa shape index (κ1) is 10.5. The molecule has 0 amide bonds. The van der Waals surface area contributed by atoms with Gasteiger partial charge in [0.25, 0.3) is 0 Å². The minimum Gasteiger partial charge on any atom is -0.492 e. The minimum absolute atomic E-state index is 0.264. The second-order valence-electron chi connectivity index (χ2n) is 4.01. The lowest BCUT2D eigenvalue weighted by Crippen LogP contribution is -2.19. The Balaban J connectivity index is 1.94. The SMILES string of the molecule is CN(C)CCOc1ccccc1C1CO1. The van der Waals surface area contributed by atoms with Gasteiger partial charge in [0, 0.05) is 12.1 Å². The highest BCUT2D eigenvalue weighted by atomic mass is 16.6. The van der Waals surface area contributed by atoms with Crippen molar-refractivity contribution in [1.29, 1.82) is 0 Å². The molecule has 15 heavy (non-hydrogen) atoms. The van der Waals surface area contributed by atoms with Crippen LogP contribution in [-0.2, 0) is 4.74 Å². The zero-order chi connectivity index (χ0) is 10.7. The van der Waals surface area contributed by atoms with E-state index in [1.54, 1.807) is 0 Å². The predicted molar refractivity (Wildman–Crippen MR) is 59.2 cm³/mol. The lowest BCUT2D eigenvalue weighted by atomic mass is 10.1. The van der Waals surface area contributed by atoms with Crippen molar-refractivity contribution in [1.82, 2.24) is 4.90 Å². The molecule has 0 saturated carbocycles. The summed E-state index contributed by atoms with van der Waals surface area (Å²) in [6.45, 7) is 2.48. The molecule has 1 aromatic carbocycles. The Morgan fingerprint density at radius 1 is 1.40 bits per heavy atom. The van der Waals surface area contributed by atoms with Crippen LogP contribution in [0.15, 0.2) is 24.3 Å². The first-order valence-electron chi connectivity index (χ1n) is 5.25. The highest BCUT2D eigenvalue weighted by Gasteiger charge is 2.27. The molecule has 0 aliphatic carbocycles. The fourth-order valence-corrected chi connectivity index (χ4v) is 1.44. The quantitative estimate of drug-likeness (QED) is 0.687. The van der Waals surface area contributed by atoms with Crippen LogP contribution < -0.4 is 4.74 Å². The molecule has 0 spiro atoms. The van der Waals surface area contributed by atoms with E-state index in [9.17, 15) is 0 Å². The second-order valence-corrected chi connectivity index (χ2v) is 4.01. The van der Waals surface area contributed by atoms with Gasteiger partial charge in [-0.2, -0.15) is 0 Å². The molecule has 0 radical (unpaired) electrons. The van der Waals surface area contributed by atoms with E-state index in [1.165, 1.54) is 5.56 Å². The molecule has 82 valence electrons. The van der Waals surface area contributed by atoms with E-state index >= 15 is 0 Å². The third kappa shape index (κ3) is 2.94. The van der Waals surface area contributed by atoms with Gasteiger partial charge in [-0.1, -0.05) is 18.2 Å². The highest BCUT2D eigenvalue weighted by Crippen LogP contribution is 2.35. The van der Waals surface area contributed by atoms with Crippen LogP contribution in [0, 0.1) is 0 Å². The number of para-hydroxylation sites is 1. The normalized spacial score (nSPS) is 19.3. The summed E-state index contributed by atoms with van der Waals surface area (Å²) >= 11 is 0. The van der Waals surface area contributed by atoms with Crippen LogP contribution in [0.1, 0.15) is 11.7 Å². The van der Waals surface area contributed by atoms with E-state index < -0.39 is 0 Å². The lowest BCUT2D eigenvalue weighted by molar-refractivity contribution is 0.257. The van der Waals surface area contributed by atoms with Crippen molar-refractivity contribution < 1.29 is 9.47 Å². The molecule has 1 aliphatic rings. The van der Waals surface area contributed by atoms with Crippen molar-refractivity contribution in [3.8, 4) is 5.75 Å². The van der Waals surface area contributed by atoms with Gasteiger partial charge in [-0.15, -0.1) is 0 Å². The van der Waals surface area contributed by atoms with Gasteiger partial charge in [-0.05, 0) is 20.2 Å². The van der Waals surface area contributed by atoms with Crippen LogP contribution in [0.2, 0.25) is 0 Å². The molecule has 0 N–H and O–H groups in total. The van der Waals surface area contributed by atoms with Crippen molar-refractivity contribution in [2.24, 2.45) is 0 Å². The number of rotatable bonds is 5. The molecule has 3 nitrogen and oxygen atoms in total. The molecule has 1 heterocycles. The Morgan fingerprint density at radius 3 is 2.80 bits per heavy atom. The fourth-order valence-electron chi connectivity index (χ4n) is 1.44. The summed E-state index contributed by atoms with van der Waals surface area (Å²) in [5, 5.41) is 0. The molecule has 0 bridgehead atoms. The standard InChI is InChI=1S/C12H17NO2/c1-13(2)7-8-14-11-6-4-3-5-10(11)12-9-15-12/h3-6,12H,7-9H2,1-2H3. The van der Waals surface area contributed by atoms with Crippen LogP contribution in [-0.4, -0.2) is 38.8 Å². The average molecular weight is 207 g/mol. The molecule has 1 fully saturated rings. The van der Waals surface area contributed by atoms with Gasteiger partial charge in [-0.25, -0.2) is 0 Å². The van der Waals surface area contributed by atoms with Gasteiger partial charge >= 0.3 is 0 Å². The highest BCUT2D eigenvalue weighted by molar-refractivity contribution is 5.36. The molecule has 2 rings (SSSR count). The van der Waals surface area contributed by atoms with Crippen molar-refractivity contribution in [3.05, 3.63) is 29.8 Å². The number of nitrogens with zero attached hydrogens (tertiary/aromatic N) is 1. The zero-order valence-corrected chi connectivity index (χ0v) is 9.27. The van der Waals surface area contributed by atoms with E-state index in [4.69, 9.17) is 9.47 Å². The molecular weight excluding hydrogens is 190 g/mol. The van der Waals surface area contributed by atoms with E-state index in [0.717, 1.165) is 25.5 Å². The number of hydrogen-bond donors (Lipinski definition) is 0. The lowest BCUT2D eigenvalue weighted by Gasteiger charge is -2.12. The van der Waals surface area contributed by atoms with Crippen molar-refractivity contribution in [2.45, 2.75) is 6.10 Å². The minimum atomic E-state index is 0.264. The fraction of sp³-hybridized carbons (Fsp3) is 0.500. The molecule has 1 saturated heterocycles. The van der Waals surface area contributed by atoms with Crippen molar-refractivity contribution in [3.63, 3.8) is 0 Å². The molecule has 1 aliphatic heterocycles. The van der Waals surface area contributed by atoms with Gasteiger partial charge in [-0.3, -0.25) is 0 Å². The Kier molecular flexibility index (Phi) is 3.23. The van der Waals surface area contributed by atoms with Crippen LogP contribution in [0.25, 0.3) is 0 Å². The number of likely N-dealkylation sites (N-methyl/N-ethyl adjacent to an activating group) is 1.